The molecule has 1 heterocycles. The van der Waals surface area contributed by atoms with Crippen molar-refractivity contribution in [3.05, 3.63) is 56.9 Å². The fraction of sp³-hybridized carbons (Fsp3) is 0.200. The lowest BCUT2D eigenvalue weighted by Crippen LogP contribution is -2.28. The van der Waals surface area contributed by atoms with E-state index in [9.17, 15) is 19.2 Å². The van der Waals surface area contributed by atoms with E-state index in [1.165, 1.54) is 0 Å². The number of aromatic amines is 2. The summed E-state index contributed by atoms with van der Waals surface area (Å²) in [6, 6.07) is 5.94. The highest BCUT2D eigenvalue weighted by Crippen LogP contribution is 2.11. The van der Waals surface area contributed by atoms with Gasteiger partial charge in [-0.1, -0.05) is 12.1 Å². The van der Waals surface area contributed by atoms with E-state index in [0.717, 1.165) is 11.8 Å². The Morgan fingerprint density at radius 2 is 1.83 bits per heavy atom. The number of esters is 1. The van der Waals surface area contributed by atoms with Gasteiger partial charge in [0.1, 0.15) is 5.69 Å². The van der Waals surface area contributed by atoms with Gasteiger partial charge in [0, 0.05) is 11.9 Å². The lowest BCUT2D eigenvalue weighted by atomic mass is 10.1. The molecule has 2 rings (SSSR count). The maximum atomic E-state index is 11.8. The first-order valence-corrected chi connectivity index (χ1v) is 7.12. The van der Waals surface area contributed by atoms with Crippen LogP contribution in [0.3, 0.4) is 0 Å². The van der Waals surface area contributed by atoms with Crippen molar-refractivity contribution in [1.82, 2.24) is 9.97 Å². The highest BCUT2D eigenvalue weighted by molar-refractivity contribution is 5.99. The van der Waals surface area contributed by atoms with E-state index < -0.39 is 17.3 Å². The molecule has 126 valence electrons. The summed E-state index contributed by atoms with van der Waals surface area (Å²) in [4.78, 5) is 49.8. The van der Waals surface area contributed by atoms with Crippen LogP contribution < -0.4 is 21.9 Å². The molecule has 0 saturated heterocycles. The number of H-pyrrole nitrogens is 2. The Balaban J connectivity index is 1.95. The van der Waals surface area contributed by atoms with Gasteiger partial charge in [-0.3, -0.25) is 14.6 Å². The molecule has 0 unspecified atom stereocenters. The Hall–Kier alpha value is -3.36. The molecule has 24 heavy (non-hydrogen) atoms. The summed E-state index contributed by atoms with van der Waals surface area (Å²) in [6.07, 6.45) is 1.25. The smallest absolute Gasteiger partial charge is 0.325 e. The van der Waals surface area contributed by atoms with E-state index >= 15 is 0 Å². The highest BCUT2D eigenvalue weighted by Gasteiger charge is 2.07. The fourth-order valence-electron chi connectivity index (χ4n) is 1.87. The number of carbonyl (C=O) groups excluding carboxylic acids is 2. The van der Waals surface area contributed by atoms with Crippen molar-refractivity contribution < 1.29 is 14.3 Å². The number of urea groups is 1. The first-order valence-electron chi connectivity index (χ1n) is 7.12. The van der Waals surface area contributed by atoms with Gasteiger partial charge in [-0.15, -0.1) is 0 Å². The molecule has 0 radical (unpaired) electrons. The number of anilines is 2. The van der Waals surface area contributed by atoms with Crippen molar-refractivity contribution in [2.45, 2.75) is 13.3 Å². The van der Waals surface area contributed by atoms with Gasteiger partial charge in [-0.25, -0.2) is 9.59 Å². The van der Waals surface area contributed by atoms with Crippen LogP contribution in [0.15, 0.2) is 40.1 Å². The van der Waals surface area contributed by atoms with E-state index in [-0.39, 0.29) is 18.1 Å². The van der Waals surface area contributed by atoms with E-state index in [4.69, 9.17) is 4.74 Å². The molecule has 0 bridgehead atoms. The van der Waals surface area contributed by atoms with Crippen LogP contribution in [-0.2, 0) is 16.0 Å². The lowest BCUT2D eigenvalue weighted by molar-refractivity contribution is -0.142. The Bertz CT molecular complexity index is 838. The Labute approximate surface area is 136 Å². The van der Waals surface area contributed by atoms with E-state index in [0.29, 0.717) is 12.3 Å². The summed E-state index contributed by atoms with van der Waals surface area (Å²) in [7, 11) is 0. The molecule has 0 fully saturated rings. The SMILES string of the molecule is CCOC(=O)Cc1ccc(NC(=O)Nc2c[nH]c(=O)[nH]c2=O)cc1. The molecular weight excluding hydrogens is 316 g/mol. The fourth-order valence-corrected chi connectivity index (χ4v) is 1.87. The first kappa shape index (κ1) is 17.0. The second-order valence-electron chi connectivity index (χ2n) is 4.74. The molecule has 9 nitrogen and oxygen atoms in total. The third kappa shape index (κ3) is 4.83. The van der Waals surface area contributed by atoms with Crippen molar-refractivity contribution in [3.63, 3.8) is 0 Å². The van der Waals surface area contributed by atoms with Gasteiger partial charge in [-0.2, -0.15) is 0 Å². The number of rotatable bonds is 5. The van der Waals surface area contributed by atoms with Gasteiger partial charge in [0.2, 0.25) is 0 Å². The number of aromatic nitrogens is 2. The number of amides is 2. The molecular formula is C15H16N4O5. The van der Waals surface area contributed by atoms with Gasteiger partial charge in [0.05, 0.1) is 13.0 Å². The molecule has 2 amide bonds. The Morgan fingerprint density at radius 3 is 2.46 bits per heavy atom. The summed E-state index contributed by atoms with van der Waals surface area (Å²) in [5.74, 6) is -0.326. The molecule has 1 aromatic carbocycles. The Kier molecular flexibility index (Phi) is 5.50. The number of benzene rings is 1. The van der Waals surface area contributed by atoms with Crippen molar-refractivity contribution >= 4 is 23.4 Å². The minimum absolute atomic E-state index is 0.0916. The molecule has 0 aliphatic rings. The van der Waals surface area contributed by atoms with Crippen molar-refractivity contribution in [2.75, 3.05) is 17.2 Å². The molecule has 0 aliphatic carbocycles. The summed E-state index contributed by atoms with van der Waals surface area (Å²) in [5.41, 5.74) is -0.245. The summed E-state index contributed by atoms with van der Waals surface area (Å²) in [6.45, 7) is 2.06. The van der Waals surface area contributed by atoms with Gasteiger partial charge >= 0.3 is 17.7 Å². The second-order valence-corrected chi connectivity index (χ2v) is 4.74. The third-order valence-corrected chi connectivity index (χ3v) is 2.93. The van der Waals surface area contributed by atoms with Crippen LogP contribution in [-0.4, -0.2) is 28.6 Å². The summed E-state index contributed by atoms with van der Waals surface area (Å²) >= 11 is 0. The monoisotopic (exact) mass is 332 g/mol. The zero-order chi connectivity index (χ0) is 17.5. The number of hydrogen-bond donors (Lipinski definition) is 4. The number of ether oxygens (including phenoxy) is 1. The van der Waals surface area contributed by atoms with E-state index in [1.54, 1.807) is 31.2 Å². The molecule has 0 spiro atoms. The normalized spacial score (nSPS) is 10.0. The van der Waals surface area contributed by atoms with Gasteiger partial charge in [0.25, 0.3) is 5.56 Å². The summed E-state index contributed by atoms with van der Waals surface area (Å²) in [5, 5.41) is 4.84. The van der Waals surface area contributed by atoms with Crippen LogP contribution in [0.25, 0.3) is 0 Å². The quantitative estimate of drug-likeness (QED) is 0.601. The van der Waals surface area contributed by atoms with Crippen molar-refractivity contribution in [3.8, 4) is 0 Å². The van der Waals surface area contributed by atoms with Crippen LogP contribution in [0.2, 0.25) is 0 Å². The molecule has 2 aromatic rings. The van der Waals surface area contributed by atoms with Gasteiger partial charge in [0.15, 0.2) is 0 Å². The summed E-state index contributed by atoms with van der Waals surface area (Å²) < 4.78 is 4.85. The van der Waals surface area contributed by atoms with Gasteiger partial charge in [-0.05, 0) is 24.6 Å². The standard InChI is InChI=1S/C15H16N4O5/c1-2-24-12(20)7-9-3-5-10(6-4-9)17-15(23)18-11-8-16-14(22)19-13(11)21/h3-6,8H,2,7H2,1H3,(H2,17,18,23)(H2,16,19,21,22). The topological polar surface area (TPSA) is 133 Å². The number of nitrogens with one attached hydrogen (secondary N) is 4. The van der Waals surface area contributed by atoms with Crippen molar-refractivity contribution in [1.29, 1.82) is 0 Å². The van der Waals surface area contributed by atoms with Crippen molar-refractivity contribution in [2.24, 2.45) is 0 Å². The Morgan fingerprint density at radius 1 is 1.12 bits per heavy atom. The maximum Gasteiger partial charge on any atom is 0.325 e. The zero-order valence-corrected chi connectivity index (χ0v) is 12.8. The molecule has 4 N–H and O–H groups in total. The second kappa shape index (κ2) is 7.77. The minimum atomic E-state index is -0.710. The zero-order valence-electron chi connectivity index (χ0n) is 12.8. The molecule has 1 aromatic heterocycles. The molecule has 9 heteroatoms. The predicted molar refractivity (Wildman–Crippen MR) is 87.1 cm³/mol. The molecule has 0 aliphatic heterocycles. The maximum absolute atomic E-state index is 11.8. The minimum Gasteiger partial charge on any atom is -0.466 e. The van der Waals surface area contributed by atoms with Crippen LogP contribution in [0, 0.1) is 0 Å². The number of carbonyl (C=O) groups is 2. The first-order chi connectivity index (χ1) is 11.5. The van der Waals surface area contributed by atoms with Gasteiger partial charge < -0.3 is 20.4 Å². The van der Waals surface area contributed by atoms with Crippen LogP contribution in [0.5, 0.6) is 0 Å². The van der Waals surface area contributed by atoms with Crippen LogP contribution >= 0.6 is 0 Å². The lowest BCUT2D eigenvalue weighted by Gasteiger charge is -2.07. The molecule has 0 atom stereocenters. The number of hydrogen-bond acceptors (Lipinski definition) is 5. The average Bonchev–Trinajstić information content (AvgIpc) is 2.52. The van der Waals surface area contributed by atoms with Crippen LogP contribution in [0.1, 0.15) is 12.5 Å². The largest absolute Gasteiger partial charge is 0.466 e. The average molecular weight is 332 g/mol. The third-order valence-electron chi connectivity index (χ3n) is 2.93. The van der Waals surface area contributed by atoms with E-state index in [2.05, 4.69) is 15.6 Å². The highest BCUT2D eigenvalue weighted by atomic mass is 16.5. The van der Waals surface area contributed by atoms with Crippen LogP contribution in [0.4, 0.5) is 16.2 Å². The van der Waals surface area contributed by atoms with E-state index in [1.807, 2.05) is 4.98 Å². The molecule has 0 saturated carbocycles. The predicted octanol–water partition coefficient (Wildman–Crippen LogP) is 0.813.